The van der Waals surface area contributed by atoms with Crippen molar-refractivity contribution in [2.75, 3.05) is 5.32 Å². The van der Waals surface area contributed by atoms with Gasteiger partial charge in [0.2, 0.25) is 5.91 Å². The molecule has 0 saturated heterocycles. The lowest BCUT2D eigenvalue weighted by molar-refractivity contribution is -0.115. The second-order valence-electron chi connectivity index (χ2n) is 5.57. The maximum Gasteiger partial charge on any atom is 0.288 e. The molecule has 0 fully saturated rings. The highest BCUT2D eigenvalue weighted by Gasteiger charge is 2.13. The van der Waals surface area contributed by atoms with Crippen LogP contribution in [0, 0.1) is 0 Å². The first-order valence-corrected chi connectivity index (χ1v) is 10.3. The summed E-state index contributed by atoms with van der Waals surface area (Å²) < 4.78 is 30.9. The number of para-hydroxylation sites is 1. The van der Waals surface area contributed by atoms with Gasteiger partial charge in [0.1, 0.15) is 17.4 Å². The Bertz CT molecular complexity index is 936. The van der Waals surface area contributed by atoms with Gasteiger partial charge in [-0.25, -0.2) is 4.98 Å². The van der Waals surface area contributed by atoms with Gasteiger partial charge in [0.15, 0.2) is 0 Å². The van der Waals surface area contributed by atoms with Crippen molar-refractivity contribution in [2.45, 2.75) is 23.7 Å². The van der Waals surface area contributed by atoms with Crippen molar-refractivity contribution < 1.29 is 18.3 Å². The van der Waals surface area contributed by atoms with E-state index in [1.807, 2.05) is 0 Å². The zero-order valence-corrected chi connectivity index (χ0v) is 16.8. The maximum absolute atomic E-state index is 12.6. The number of nitrogens with zero attached hydrogens (tertiary/aromatic N) is 1. The molecule has 3 aromatic rings. The van der Waals surface area contributed by atoms with Crippen LogP contribution in [0.5, 0.6) is 5.75 Å². The molecular weight excluding hydrogens is 426 g/mol. The van der Waals surface area contributed by atoms with Gasteiger partial charge in [-0.2, -0.15) is 8.78 Å². The van der Waals surface area contributed by atoms with Gasteiger partial charge >= 0.3 is 0 Å². The quantitative estimate of drug-likeness (QED) is 0.445. The van der Waals surface area contributed by atoms with Crippen LogP contribution in [0.15, 0.2) is 58.8 Å². The van der Waals surface area contributed by atoms with Crippen molar-refractivity contribution in [3.63, 3.8) is 0 Å². The van der Waals surface area contributed by atoms with E-state index in [2.05, 4.69) is 10.3 Å². The van der Waals surface area contributed by atoms with Crippen LogP contribution in [-0.2, 0) is 17.8 Å². The Hall–Kier alpha value is -2.16. The molecule has 0 aliphatic carbocycles. The lowest BCUT2D eigenvalue weighted by atomic mass is 10.3. The lowest BCUT2D eigenvalue weighted by Crippen LogP contribution is -2.15. The monoisotopic (exact) mass is 440 g/mol. The number of nitrogens with one attached hydrogen (secondary N) is 1. The number of carbonyl (C=O) groups excluding carboxylic acids is 1. The molecule has 0 atom stereocenters. The number of hydrogen-bond acceptors (Lipinski definition) is 5. The molecule has 146 valence electrons. The van der Waals surface area contributed by atoms with Gasteiger partial charge in [0, 0.05) is 15.3 Å². The highest BCUT2D eigenvalue weighted by Crippen LogP contribution is 2.31. The lowest BCUT2D eigenvalue weighted by Gasteiger charge is -2.09. The third-order valence-corrected chi connectivity index (χ3v) is 5.41. The minimum absolute atomic E-state index is 0.0468. The summed E-state index contributed by atoms with van der Waals surface area (Å²) in [6, 6.07) is 13.5. The number of thiazole rings is 1. The summed E-state index contributed by atoms with van der Waals surface area (Å²) in [5, 5.41) is 5.80. The second-order valence-corrected chi connectivity index (χ2v) is 7.99. The molecule has 1 N–H and O–H groups in total. The van der Waals surface area contributed by atoms with E-state index in [9.17, 15) is 13.6 Å². The fourth-order valence-corrected chi connectivity index (χ4v) is 3.73. The molecule has 0 bridgehead atoms. The largest absolute Gasteiger partial charge is 0.486 e. The summed E-state index contributed by atoms with van der Waals surface area (Å²) >= 11 is 7.61. The number of halogens is 3. The van der Waals surface area contributed by atoms with E-state index in [4.69, 9.17) is 16.3 Å². The average molecular weight is 441 g/mol. The molecule has 2 aromatic carbocycles. The molecule has 0 spiro atoms. The Morgan fingerprint density at radius 2 is 1.96 bits per heavy atom. The molecular formula is C19H15ClF2N2O2S2. The number of thioether (sulfide) groups is 1. The average Bonchev–Trinajstić information content (AvgIpc) is 3.10. The predicted molar refractivity (Wildman–Crippen MR) is 109 cm³/mol. The van der Waals surface area contributed by atoms with E-state index in [1.54, 1.807) is 53.9 Å². The molecule has 0 radical (unpaired) electrons. The van der Waals surface area contributed by atoms with Crippen LogP contribution in [0.1, 0.15) is 10.7 Å². The van der Waals surface area contributed by atoms with Gasteiger partial charge in [0.05, 0.1) is 17.8 Å². The van der Waals surface area contributed by atoms with Crippen LogP contribution < -0.4 is 10.1 Å². The number of hydrogen-bond donors (Lipinski definition) is 1. The fourth-order valence-electron chi connectivity index (χ4n) is 2.30. The van der Waals surface area contributed by atoms with Gasteiger partial charge in [0.25, 0.3) is 5.76 Å². The molecule has 1 aromatic heterocycles. The van der Waals surface area contributed by atoms with Crippen molar-refractivity contribution in [3.8, 4) is 5.75 Å². The summed E-state index contributed by atoms with van der Waals surface area (Å²) in [5.74, 6) is -2.20. The van der Waals surface area contributed by atoms with Crippen LogP contribution in [0.2, 0.25) is 5.02 Å². The summed E-state index contributed by atoms with van der Waals surface area (Å²) in [6.07, 6.45) is 0.0468. The molecule has 4 nitrogen and oxygen atoms in total. The normalized spacial score (nSPS) is 10.9. The molecule has 0 aliphatic heterocycles. The third kappa shape index (κ3) is 6.19. The highest BCUT2D eigenvalue weighted by atomic mass is 35.5. The molecule has 3 rings (SSSR count). The third-order valence-electron chi connectivity index (χ3n) is 3.49. The highest BCUT2D eigenvalue weighted by molar-refractivity contribution is 7.99. The van der Waals surface area contributed by atoms with E-state index < -0.39 is 5.76 Å². The number of benzene rings is 2. The van der Waals surface area contributed by atoms with E-state index in [-0.39, 0.29) is 18.9 Å². The molecule has 0 unspecified atom stereocenters. The zero-order valence-electron chi connectivity index (χ0n) is 14.4. The van der Waals surface area contributed by atoms with Gasteiger partial charge < -0.3 is 10.1 Å². The number of ether oxygens (including phenoxy) is 1. The molecule has 0 saturated carbocycles. The number of rotatable bonds is 8. The molecule has 1 heterocycles. The second kappa shape index (κ2) is 9.86. The predicted octanol–water partition coefficient (Wildman–Crippen LogP) is 5.87. The van der Waals surface area contributed by atoms with Crippen LogP contribution in [-0.4, -0.2) is 16.6 Å². The number of carbonyl (C=O) groups is 1. The van der Waals surface area contributed by atoms with Crippen LogP contribution >= 0.6 is 34.7 Å². The van der Waals surface area contributed by atoms with Crippen LogP contribution in [0.4, 0.5) is 14.5 Å². The summed E-state index contributed by atoms with van der Waals surface area (Å²) in [7, 11) is 0. The first kappa shape index (κ1) is 20.6. The first-order valence-electron chi connectivity index (χ1n) is 8.15. The maximum atomic E-state index is 12.6. The van der Waals surface area contributed by atoms with Crippen molar-refractivity contribution in [1.82, 2.24) is 4.98 Å². The van der Waals surface area contributed by atoms with E-state index in [1.165, 1.54) is 11.3 Å². The van der Waals surface area contributed by atoms with E-state index >= 15 is 0 Å². The topological polar surface area (TPSA) is 51.2 Å². The molecule has 9 heteroatoms. The fraction of sp³-hybridized carbons (Fsp3) is 0.158. The Morgan fingerprint density at radius 1 is 1.21 bits per heavy atom. The minimum atomic E-state index is -2.56. The Kier molecular flexibility index (Phi) is 7.24. The Labute approximate surface area is 173 Å². The van der Waals surface area contributed by atoms with Crippen LogP contribution in [0.25, 0.3) is 0 Å². The Balaban J connectivity index is 1.55. The Morgan fingerprint density at radius 3 is 2.71 bits per heavy atom. The molecule has 1 amide bonds. The summed E-state index contributed by atoms with van der Waals surface area (Å²) in [4.78, 5) is 17.0. The summed E-state index contributed by atoms with van der Waals surface area (Å²) in [5.41, 5.74) is 0.954. The van der Waals surface area contributed by atoms with Gasteiger partial charge in [-0.05, 0) is 36.4 Å². The van der Waals surface area contributed by atoms with Crippen molar-refractivity contribution in [3.05, 3.63) is 69.6 Å². The van der Waals surface area contributed by atoms with Gasteiger partial charge in [-0.1, -0.05) is 35.5 Å². The summed E-state index contributed by atoms with van der Waals surface area (Å²) in [6.45, 7) is 0.280. The van der Waals surface area contributed by atoms with Crippen molar-refractivity contribution in [2.24, 2.45) is 0 Å². The smallest absolute Gasteiger partial charge is 0.288 e. The molecule has 0 aliphatic rings. The number of aromatic nitrogens is 1. The van der Waals surface area contributed by atoms with Gasteiger partial charge in [-0.3, -0.25) is 4.79 Å². The zero-order chi connectivity index (χ0) is 19.9. The van der Waals surface area contributed by atoms with E-state index in [0.717, 1.165) is 5.01 Å². The first-order chi connectivity index (χ1) is 13.5. The SMILES string of the molecule is O=C(Cc1csc(COc2ccc(Cl)cc2)n1)Nc1ccccc1SC(F)F. The van der Waals surface area contributed by atoms with Crippen molar-refractivity contribution >= 4 is 46.3 Å². The number of amides is 1. The molecule has 28 heavy (non-hydrogen) atoms. The van der Waals surface area contributed by atoms with Crippen LogP contribution in [0.3, 0.4) is 0 Å². The number of alkyl halides is 2. The minimum Gasteiger partial charge on any atom is -0.486 e. The number of anilines is 1. The van der Waals surface area contributed by atoms with Gasteiger partial charge in [-0.15, -0.1) is 11.3 Å². The standard InChI is InChI=1S/C19H15ClF2N2O2S2/c20-12-5-7-14(8-6-12)26-10-18-23-13(11-27-18)9-17(25)24-15-3-1-2-4-16(15)28-19(21)22/h1-8,11,19H,9-10H2,(H,24,25). The van der Waals surface area contributed by atoms with Crippen molar-refractivity contribution in [1.29, 1.82) is 0 Å². The van der Waals surface area contributed by atoms with E-state index in [0.29, 0.717) is 38.8 Å².